The van der Waals surface area contributed by atoms with Crippen molar-refractivity contribution in [2.45, 2.75) is 6.54 Å². The first kappa shape index (κ1) is 15.0. The molecule has 0 aliphatic carbocycles. The lowest BCUT2D eigenvalue weighted by atomic mass is 10.2. The smallest absolute Gasteiger partial charge is 0.335 e. The topological polar surface area (TPSA) is 49.3 Å². The van der Waals surface area contributed by atoms with E-state index in [1.54, 1.807) is 12.1 Å². The number of carboxylic acids is 1. The molecule has 2 N–H and O–H groups in total. The maximum Gasteiger partial charge on any atom is 0.335 e. The quantitative estimate of drug-likeness (QED) is 0.781. The predicted molar refractivity (Wildman–Crippen MR) is 82.5 cm³/mol. The second-order valence-electron chi connectivity index (χ2n) is 4.10. The Morgan fingerprint density at radius 3 is 2.20 bits per heavy atom. The fourth-order valence-electron chi connectivity index (χ4n) is 1.66. The highest BCUT2D eigenvalue weighted by Gasteiger charge is 2.11. The Morgan fingerprint density at radius 1 is 1.15 bits per heavy atom. The van der Waals surface area contributed by atoms with Gasteiger partial charge >= 0.3 is 5.97 Å². The molecule has 0 saturated heterocycles. The van der Waals surface area contributed by atoms with Gasteiger partial charge in [0, 0.05) is 15.5 Å². The minimum absolute atomic E-state index is 0.191. The van der Waals surface area contributed by atoms with Gasteiger partial charge in [0.05, 0.1) is 11.3 Å². The summed E-state index contributed by atoms with van der Waals surface area (Å²) in [6, 6.07) is 9.23. The number of carbonyl (C=O) groups is 1. The first-order chi connectivity index (χ1) is 9.47. The van der Waals surface area contributed by atoms with Crippen LogP contribution in [0, 0.1) is 5.82 Å². The van der Waals surface area contributed by atoms with E-state index >= 15 is 0 Å². The van der Waals surface area contributed by atoms with Crippen molar-refractivity contribution in [1.82, 2.24) is 0 Å². The van der Waals surface area contributed by atoms with Crippen molar-refractivity contribution >= 4 is 43.5 Å². The molecule has 0 radical (unpaired) electrons. The van der Waals surface area contributed by atoms with Crippen molar-refractivity contribution in [3.05, 3.63) is 62.3 Å². The van der Waals surface area contributed by atoms with Crippen molar-refractivity contribution in [3.63, 3.8) is 0 Å². The molecule has 0 fully saturated rings. The fourth-order valence-corrected chi connectivity index (χ4v) is 3.13. The van der Waals surface area contributed by atoms with Crippen LogP contribution in [0.3, 0.4) is 0 Å². The van der Waals surface area contributed by atoms with E-state index in [2.05, 4.69) is 37.2 Å². The predicted octanol–water partition coefficient (Wildman–Crippen LogP) is 4.66. The van der Waals surface area contributed by atoms with E-state index in [9.17, 15) is 9.18 Å². The van der Waals surface area contributed by atoms with Crippen molar-refractivity contribution in [2.24, 2.45) is 0 Å². The first-order valence-corrected chi connectivity index (χ1v) is 7.26. The molecular weight excluding hydrogens is 393 g/mol. The Kier molecular flexibility index (Phi) is 4.77. The van der Waals surface area contributed by atoms with E-state index in [1.807, 2.05) is 0 Å². The third-order valence-corrected chi connectivity index (χ3v) is 3.92. The second kappa shape index (κ2) is 6.37. The molecule has 0 saturated carbocycles. The lowest BCUT2D eigenvalue weighted by Gasteiger charge is -2.12. The van der Waals surface area contributed by atoms with Crippen molar-refractivity contribution in [2.75, 3.05) is 5.32 Å². The normalized spacial score (nSPS) is 10.3. The summed E-state index contributed by atoms with van der Waals surface area (Å²) >= 11 is 6.67. The van der Waals surface area contributed by atoms with Crippen LogP contribution >= 0.6 is 31.9 Å². The summed E-state index contributed by atoms with van der Waals surface area (Å²) in [7, 11) is 0. The molecule has 0 spiro atoms. The maximum atomic E-state index is 12.8. The zero-order valence-corrected chi connectivity index (χ0v) is 13.3. The van der Waals surface area contributed by atoms with E-state index in [1.165, 1.54) is 24.3 Å². The first-order valence-electron chi connectivity index (χ1n) is 5.68. The van der Waals surface area contributed by atoms with Gasteiger partial charge in [-0.05, 0) is 61.7 Å². The molecule has 104 valence electrons. The average molecular weight is 403 g/mol. The van der Waals surface area contributed by atoms with Crippen LogP contribution in [0.4, 0.5) is 10.1 Å². The number of hydrogen-bond donors (Lipinski definition) is 2. The number of hydrogen-bond acceptors (Lipinski definition) is 2. The molecule has 2 aromatic rings. The van der Waals surface area contributed by atoms with Crippen LogP contribution in [-0.2, 0) is 6.54 Å². The summed E-state index contributed by atoms with van der Waals surface area (Å²) in [6.07, 6.45) is 0. The second-order valence-corrected chi connectivity index (χ2v) is 5.81. The summed E-state index contributed by atoms with van der Waals surface area (Å²) in [5.41, 5.74) is 1.86. The number of aromatic carboxylic acids is 1. The molecule has 0 unspecified atom stereocenters. The summed E-state index contributed by atoms with van der Waals surface area (Å²) in [5.74, 6) is -1.27. The fraction of sp³-hybridized carbons (Fsp3) is 0.0714. The highest BCUT2D eigenvalue weighted by molar-refractivity contribution is 9.11. The van der Waals surface area contributed by atoms with Crippen LogP contribution in [0.2, 0.25) is 0 Å². The van der Waals surface area contributed by atoms with Gasteiger partial charge in [0.15, 0.2) is 0 Å². The Bertz CT molecular complexity index is 621. The van der Waals surface area contributed by atoms with Crippen molar-refractivity contribution in [1.29, 1.82) is 0 Å². The van der Waals surface area contributed by atoms with Gasteiger partial charge in [-0.15, -0.1) is 0 Å². The summed E-state index contributed by atoms with van der Waals surface area (Å²) in [4.78, 5) is 10.9. The van der Waals surface area contributed by atoms with Crippen LogP contribution in [-0.4, -0.2) is 11.1 Å². The van der Waals surface area contributed by atoms with Gasteiger partial charge in [-0.2, -0.15) is 0 Å². The van der Waals surface area contributed by atoms with E-state index in [4.69, 9.17) is 5.11 Å². The zero-order valence-electron chi connectivity index (χ0n) is 10.2. The van der Waals surface area contributed by atoms with Crippen LogP contribution in [0.1, 0.15) is 15.9 Å². The lowest BCUT2D eigenvalue weighted by Crippen LogP contribution is -2.03. The third-order valence-electron chi connectivity index (χ3n) is 2.67. The van der Waals surface area contributed by atoms with Gasteiger partial charge in [-0.3, -0.25) is 0 Å². The molecule has 0 heterocycles. The van der Waals surface area contributed by atoms with E-state index in [0.29, 0.717) is 15.5 Å². The third kappa shape index (κ3) is 3.58. The number of anilines is 1. The molecule has 0 bridgehead atoms. The van der Waals surface area contributed by atoms with Gasteiger partial charge in [-0.1, -0.05) is 12.1 Å². The molecular formula is C14H10Br2FNO2. The molecule has 3 nitrogen and oxygen atoms in total. The van der Waals surface area contributed by atoms with Crippen LogP contribution in [0.5, 0.6) is 0 Å². The number of benzene rings is 2. The number of halogens is 3. The minimum atomic E-state index is -0.989. The van der Waals surface area contributed by atoms with Crippen molar-refractivity contribution in [3.8, 4) is 0 Å². The van der Waals surface area contributed by atoms with Gasteiger partial charge in [0.2, 0.25) is 0 Å². The Labute approximate surface area is 132 Å². The van der Waals surface area contributed by atoms with Crippen LogP contribution in [0.15, 0.2) is 45.3 Å². The Morgan fingerprint density at radius 2 is 1.70 bits per heavy atom. The number of rotatable bonds is 4. The maximum absolute atomic E-state index is 12.8. The Hall–Kier alpha value is -1.40. The van der Waals surface area contributed by atoms with Gasteiger partial charge in [0.25, 0.3) is 0 Å². The van der Waals surface area contributed by atoms with E-state index in [0.717, 1.165) is 11.3 Å². The summed E-state index contributed by atoms with van der Waals surface area (Å²) in [5, 5.41) is 12.1. The highest BCUT2D eigenvalue weighted by Crippen LogP contribution is 2.32. The monoisotopic (exact) mass is 401 g/mol. The molecule has 6 heteroatoms. The molecule has 0 atom stereocenters. The molecule has 0 amide bonds. The molecule has 20 heavy (non-hydrogen) atoms. The molecule has 0 aromatic heterocycles. The molecule has 2 rings (SSSR count). The number of carboxylic acid groups (broad SMARTS) is 1. The van der Waals surface area contributed by atoms with Gasteiger partial charge < -0.3 is 10.4 Å². The molecule has 0 aliphatic rings. The van der Waals surface area contributed by atoms with Gasteiger partial charge in [-0.25, -0.2) is 9.18 Å². The minimum Gasteiger partial charge on any atom is -0.478 e. The van der Waals surface area contributed by atoms with Crippen molar-refractivity contribution < 1.29 is 14.3 Å². The van der Waals surface area contributed by atoms with Crippen LogP contribution < -0.4 is 5.32 Å². The average Bonchev–Trinajstić information content (AvgIpc) is 2.39. The lowest BCUT2D eigenvalue weighted by molar-refractivity contribution is 0.0696. The SMILES string of the molecule is O=C(O)c1cc(Br)c(NCc2ccc(F)cc2)c(Br)c1. The standard InChI is InChI=1S/C14H10Br2FNO2/c15-11-5-9(14(19)20)6-12(16)13(11)18-7-8-1-3-10(17)4-2-8/h1-6,18H,7H2,(H,19,20). The van der Waals surface area contributed by atoms with E-state index < -0.39 is 5.97 Å². The molecule has 2 aromatic carbocycles. The van der Waals surface area contributed by atoms with E-state index in [-0.39, 0.29) is 11.4 Å². The highest BCUT2D eigenvalue weighted by atomic mass is 79.9. The molecule has 0 aliphatic heterocycles. The zero-order chi connectivity index (χ0) is 14.7. The summed E-state index contributed by atoms with van der Waals surface area (Å²) in [6.45, 7) is 0.504. The van der Waals surface area contributed by atoms with Crippen LogP contribution in [0.25, 0.3) is 0 Å². The Balaban J connectivity index is 2.17. The number of nitrogens with one attached hydrogen (secondary N) is 1. The summed E-state index contributed by atoms with van der Waals surface area (Å²) < 4.78 is 14.1. The van der Waals surface area contributed by atoms with Gasteiger partial charge in [0.1, 0.15) is 5.82 Å². The largest absolute Gasteiger partial charge is 0.478 e.